The molecule has 0 atom stereocenters. The Labute approximate surface area is 59.3 Å². The number of hydrogen-bond donors (Lipinski definition) is 1. The Morgan fingerprint density at radius 2 is 2.20 bits per heavy atom. The summed E-state index contributed by atoms with van der Waals surface area (Å²) in [5, 5.41) is 7.78. The molecule has 0 bridgehead atoms. The van der Waals surface area contributed by atoms with E-state index in [1.54, 1.807) is 0 Å². The molecule has 26 valence electrons. The van der Waals surface area contributed by atoms with Crippen LogP contribution in [0.15, 0.2) is 0 Å². The Kier molecular flexibility index (Phi) is 3.73. The number of aliphatic carboxylic acids is 1. The summed E-state index contributed by atoms with van der Waals surface area (Å²) in [6.45, 7) is 0. The van der Waals surface area contributed by atoms with Crippen molar-refractivity contribution in [3.8, 4) is 0 Å². The third-order valence-electron chi connectivity index (χ3n) is 0.302. The third kappa shape index (κ3) is 4.94. The summed E-state index contributed by atoms with van der Waals surface area (Å²) in [5.74, 6) is -0.643. The Bertz CT molecular complexity index is 42.9. The van der Waals surface area contributed by atoms with Crippen LogP contribution >= 0.6 is 0 Å². The number of rotatable bonds is 1. The van der Waals surface area contributed by atoms with Gasteiger partial charge in [-0.05, 0) is 0 Å². The van der Waals surface area contributed by atoms with Crippen LogP contribution in [0, 0.1) is 42.8 Å². The average molecular weight is 286 g/mol. The van der Waals surface area contributed by atoms with Gasteiger partial charge >= 0.3 is 60.1 Å². The fourth-order valence-electron chi connectivity index (χ4n) is 0. The van der Waals surface area contributed by atoms with Gasteiger partial charge in [-0.25, -0.2) is 0 Å². The SMILES string of the molecule is O=C(O)[CH2][RaH]. The van der Waals surface area contributed by atoms with E-state index in [0.29, 0.717) is 1.46 Å². The Morgan fingerprint density at radius 3 is 2.20 bits per heavy atom. The fraction of sp³-hybridized carbons (Fsp3) is 0.500. The molecule has 0 radical (unpaired) electrons. The van der Waals surface area contributed by atoms with E-state index >= 15 is 0 Å². The molecule has 0 saturated heterocycles. The Hall–Kier alpha value is 0.938. The van der Waals surface area contributed by atoms with Gasteiger partial charge in [-0.1, -0.05) is 0 Å². The van der Waals surface area contributed by atoms with E-state index in [1.165, 1.54) is 0 Å². The standard InChI is InChI=1S/C2H3O2.Ra.H/c1-2(3)4;;/h1H2,(H,3,4);;. The summed E-state index contributed by atoms with van der Waals surface area (Å²) in [5.41, 5.74) is 0. The molecule has 0 aliphatic rings. The molecular formula is C2H4O2Ra. The number of hydrogen-bond acceptors (Lipinski definition) is 1. The number of carbonyl (C=O) groups is 1. The molecule has 0 heterocycles. The Balaban J connectivity index is 2.85. The zero-order valence-electron chi connectivity index (χ0n) is 3.06. The normalized spacial score (nSPS) is 7.00. The van der Waals surface area contributed by atoms with Gasteiger partial charge < -0.3 is 0 Å². The molecular weight excluding hydrogens is 282 g/mol. The summed E-state index contributed by atoms with van der Waals surface area (Å²) in [7, 11) is 0. The first-order valence-corrected chi connectivity index (χ1v) is 7.30. The molecule has 0 spiro atoms. The van der Waals surface area contributed by atoms with Crippen molar-refractivity contribution < 1.29 is 52.7 Å². The molecule has 0 saturated carbocycles. The maximum absolute atomic E-state index is 9.43. The fourth-order valence-corrected chi connectivity index (χ4v) is 0. The van der Waals surface area contributed by atoms with Gasteiger partial charge in [0.05, 0.1) is 0 Å². The monoisotopic (exact) mass is 286 g/mol. The second-order valence-corrected chi connectivity index (χ2v) is 3.65. The van der Waals surface area contributed by atoms with E-state index in [4.69, 9.17) is 5.11 Å². The summed E-state index contributed by atoms with van der Waals surface area (Å²) in [4.78, 5) is 9.43. The van der Waals surface area contributed by atoms with Crippen LogP contribution in [0.3, 0.4) is 0 Å². The van der Waals surface area contributed by atoms with Crippen molar-refractivity contribution in [2.75, 3.05) is 0 Å². The van der Waals surface area contributed by atoms with Crippen molar-refractivity contribution in [3.05, 3.63) is 0 Å². The van der Waals surface area contributed by atoms with E-state index in [2.05, 4.69) is 0 Å². The molecule has 0 amide bonds. The minimum absolute atomic E-state index is 0.235. The molecule has 0 aromatic carbocycles. The van der Waals surface area contributed by atoms with Gasteiger partial charge in [0, 0.05) is 0 Å². The van der Waals surface area contributed by atoms with Crippen LogP contribution in [-0.2, 0) is 4.79 Å². The van der Waals surface area contributed by atoms with Gasteiger partial charge in [-0.15, -0.1) is 0 Å². The van der Waals surface area contributed by atoms with Crippen molar-refractivity contribution in [2.24, 2.45) is 0 Å². The molecule has 1 N–H and O–H groups in total. The van der Waals surface area contributed by atoms with Crippen LogP contribution in [0.5, 0.6) is 0 Å². The van der Waals surface area contributed by atoms with Crippen molar-refractivity contribution in [1.29, 1.82) is 0 Å². The van der Waals surface area contributed by atoms with Gasteiger partial charge in [-0.3, -0.25) is 0 Å². The second-order valence-electron chi connectivity index (χ2n) is 0.747. The predicted octanol–water partition coefficient (Wildman–Crippen LogP) is -0.229. The van der Waals surface area contributed by atoms with Crippen LogP contribution in [0.25, 0.3) is 0 Å². The first kappa shape index (κ1) is 5.94. The van der Waals surface area contributed by atoms with E-state index in [9.17, 15) is 4.79 Å². The molecule has 5 heavy (non-hydrogen) atoms. The Morgan fingerprint density at radius 1 is 2.00 bits per heavy atom. The van der Waals surface area contributed by atoms with Gasteiger partial charge in [0.1, 0.15) is 0 Å². The van der Waals surface area contributed by atoms with Crippen LogP contribution in [0.2, 0.25) is 1.46 Å². The molecule has 0 unspecified atom stereocenters. The number of carboxylic acid groups (broad SMARTS) is 1. The predicted molar refractivity (Wildman–Crippen MR) is 13.8 cm³/mol. The van der Waals surface area contributed by atoms with E-state index in [-0.39, 0.29) is 42.8 Å². The molecule has 0 fully saturated rings. The number of carboxylic acids is 1. The van der Waals surface area contributed by atoms with Crippen LogP contribution < -0.4 is 0 Å². The van der Waals surface area contributed by atoms with Crippen molar-refractivity contribution >= 4 is 5.97 Å². The van der Waals surface area contributed by atoms with Crippen LogP contribution in [-0.4, -0.2) is 11.1 Å². The van der Waals surface area contributed by atoms with Gasteiger partial charge in [0.25, 0.3) is 0 Å². The quantitative estimate of drug-likeness (QED) is 0.723. The van der Waals surface area contributed by atoms with Gasteiger partial charge in [0.15, 0.2) is 0 Å². The van der Waals surface area contributed by atoms with Gasteiger partial charge in [-0.2, -0.15) is 0 Å². The van der Waals surface area contributed by atoms with Gasteiger partial charge in [0.2, 0.25) is 0 Å². The summed E-state index contributed by atoms with van der Waals surface area (Å²) >= 11 is 0.235. The molecule has 0 aromatic heterocycles. The van der Waals surface area contributed by atoms with Crippen molar-refractivity contribution in [1.82, 2.24) is 0 Å². The topological polar surface area (TPSA) is 37.3 Å². The van der Waals surface area contributed by atoms with Crippen LogP contribution in [0.1, 0.15) is 0 Å². The molecule has 0 aliphatic carbocycles. The summed E-state index contributed by atoms with van der Waals surface area (Å²) in [6, 6.07) is 0. The van der Waals surface area contributed by atoms with Crippen LogP contribution in [0.4, 0.5) is 0 Å². The molecule has 3 heteroatoms. The maximum atomic E-state index is 9.43. The summed E-state index contributed by atoms with van der Waals surface area (Å²) < 4.78 is 0.452. The van der Waals surface area contributed by atoms with E-state index in [0.717, 1.165) is 0 Å². The third-order valence-corrected chi connectivity index (χ3v) is 2.79. The van der Waals surface area contributed by atoms with Crippen molar-refractivity contribution in [3.63, 3.8) is 0 Å². The molecule has 2 nitrogen and oxygen atoms in total. The zero-order chi connectivity index (χ0) is 4.28. The minimum atomic E-state index is -0.643. The van der Waals surface area contributed by atoms with E-state index in [1.807, 2.05) is 0 Å². The average Bonchev–Trinajstić information content (AvgIpc) is 1.38. The summed E-state index contributed by atoms with van der Waals surface area (Å²) in [6.07, 6.45) is 0. The van der Waals surface area contributed by atoms with E-state index < -0.39 is 5.97 Å². The molecule has 0 aliphatic heterocycles. The molecule has 0 aromatic rings. The first-order chi connectivity index (χ1) is 2.27. The second kappa shape index (κ2) is 3.14. The molecule has 0 rings (SSSR count). The zero-order valence-corrected chi connectivity index (χ0v) is 11.3. The first-order valence-electron chi connectivity index (χ1n) is 1.49. The van der Waals surface area contributed by atoms with Crippen molar-refractivity contribution in [2.45, 2.75) is 1.46 Å².